The smallest absolute Gasteiger partial charge is 0.228 e. The molecule has 2 nitrogen and oxygen atoms in total. The van der Waals surface area contributed by atoms with Crippen molar-refractivity contribution in [2.24, 2.45) is 0 Å². The van der Waals surface area contributed by atoms with Crippen LogP contribution in [0.2, 0.25) is 0 Å². The first-order valence-corrected chi connectivity index (χ1v) is 3.66. The SMILES string of the molecule is CC.CC1=C(C)NC(=O)C1. The third-order valence-electron chi connectivity index (χ3n) is 1.39. The average Bonchev–Trinajstić information content (AvgIpc) is 2.16. The van der Waals surface area contributed by atoms with Crippen LogP contribution in [0.3, 0.4) is 0 Å². The van der Waals surface area contributed by atoms with Gasteiger partial charge in [0.2, 0.25) is 5.91 Å². The standard InChI is InChI=1S/C6H9NO.C2H6/c1-4-3-6(8)7-5(4)2;1-2/h3H2,1-2H3,(H,7,8);1-2H3. The van der Waals surface area contributed by atoms with Gasteiger partial charge in [-0.3, -0.25) is 4.79 Å². The Balaban J connectivity index is 0.000000371. The van der Waals surface area contributed by atoms with Gasteiger partial charge in [-0.15, -0.1) is 0 Å². The first kappa shape index (κ1) is 9.21. The van der Waals surface area contributed by atoms with Gasteiger partial charge >= 0.3 is 0 Å². The zero-order valence-electron chi connectivity index (χ0n) is 7.12. The van der Waals surface area contributed by atoms with E-state index >= 15 is 0 Å². The molecule has 1 N–H and O–H groups in total. The second kappa shape index (κ2) is 4.09. The molecule has 1 rings (SSSR count). The normalized spacial score (nSPS) is 16.2. The molecule has 0 atom stereocenters. The van der Waals surface area contributed by atoms with E-state index < -0.39 is 0 Å². The molecule has 58 valence electrons. The van der Waals surface area contributed by atoms with Gasteiger partial charge in [-0.1, -0.05) is 13.8 Å². The van der Waals surface area contributed by atoms with E-state index in [4.69, 9.17) is 0 Å². The molecule has 0 aromatic rings. The molecule has 0 bridgehead atoms. The summed E-state index contributed by atoms with van der Waals surface area (Å²) in [5.41, 5.74) is 2.19. The van der Waals surface area contributed by atoms with Gasteiger partial charge < -0.3 is 5.32 Å². The third-order valence-corrected chi connectivity index (χ3v) is 1.39. The molecule has 1 aliphatic rings. The number of allylic oxidation sites excluding steroid dienone is 1. The van der Waals surface area contributed by atoms with Crippen molar-refractivity contribution < 1.29 is 4.79 Å². The summed E-state index contributed by atoms with van der Waals surface area (Å²) in [6, 6.07) is 0. The summed E-state index contributed by atoms with van der Waals surface area (Å²) in [5.74, 6) is 0.125. The fraction of sp³-hybridized carbons (Fsp3) is 0.625. The number of carbonyl (C=O) groups is 1. The van der Waals surface area contributed by atoms with Crippen molar-refractivity contribution in [2.45, 2.75) is 34.1 Å². The summed E-state index contributed by atoms with van der Waals surface area (Å²) in [4.78, 5) is 10.5. The van der Waals surface area contributed by atoms with Gasteiger partial charge in [0, 0.05) is 12.1 Å². The Morgan fingerprint density at radius 2 is 1.80 bits per heavy atom. The summed E-state index contributed by atoms with van der Waals surface area (Å²) in [6.07, 6.45) is 0.589. The van der Waals surface area contributed by atoms with Crippen molar-refractivity contribution in [3.63, 3.8) is 0 Å². The Hall–Kier alpha value is -0.790. The topological polar surface area (TPSA) is 29.1 Å². The molecule has 0 fully saturated rings. The fourth-order valence-corrected chi connectivity index (χ4v) is 0.733. The number of amides is 1. The van der Waals surface area contributed by atoms with Crippen LogP contribution in [-0.2, 0) is 4.79 Å². The zero-order chi connectivity index (χ0) is 8.15. The minimum Gasteiger partial charge on any atom is -0.330 e. The van der Waals surface area contributed by atoms with Crippen LogP contribution in [0, 0.1) is 0 Å². The maximum absolute atomic E-state index is 10.5. The lowest BCUT2D eigenvalue weighted by atomic mass is 10.2. The van der Waals surface area contributed by atoms with E-state index in [1.54, 1.807) is 0 Å². The number of carbonyl (C=O) groups excluding carboxylic acids is 1. The van der Waals surface area contributed by atoms with E-state index in [1.807, 2.05) is 27.7 Å². The van der Waals surface area contributed by atoms with Crippen LogP contribution in [-0.4, -0.2) is 5.91 Å². The van der Waals surface area contributed by atoms with Crippen LogP contribution in [0.25, 0.3) is 0 Å². The molecule has 0 aromatic heterocycles. The van der Waals surface area contributed by atoms with Crippen LogP contribution in [0.15, 0.2) is 11.3 Å². The van der Waals surface area contributed by atoms with E-state index in [0.717, 1.165) is 11.3 Å². The quantitative estimate of drug-likeness (QED) is 0.548. The molecular weight excluding hydrogens is 126 g/mol. The van der Waals surface area contributed by atoms with Gasteiger partial charge in [-0.25, -0.2) is 0 Å². The van der Waals surface area contributed by atoms with Gasteiger partial charge in [-0.05, 0) is 19.4 Å². The molecule has 1 amide bonds. The third kappa shape index (κ3) is 2.21. The van der Waals surface area contributed by atoms with Crippen LogP contribution in [0.5, 0.6) is 0 Å². The molecular formula is C8H15NO. The predicted molar refractivity (Wildman–Crippen MR) is 42.5 cm³/mol. The lowest BCUT2D eigenvalue weighted by molar-refractivity contribution is -0.118. The van der Waals surface area contributed by atoms with Crippen molar-refractivity contribution in [1.82, 2.24) is 5.32 Å². The minimum absolute atomic E-state index is 0.125. The highest BCUT2D eigenvalue weighted by atomic mass is 16.1. The van der Waals surface area contributed by atoms with Crippen molar-refractivity contribution in [1.29, 1.82) is 0 Å². The molecule has 0 aromatic carbocycles. The summed E-state index contributed by atoms with van der Waals surface area (Å²) < 4.78 is 0. The Morgan fingerprint density at radius 1 is 1.30 bits per heavy atom. The van der Waals surface area contributed by atoms with E-state index in [-0.39, 0.29) is 5.91 Å². The molecule has 1 aliphatic heterocycles. The van der Waals surface area contributed by atoms with Crippen molar-refractivity contribution in [3.05, 3.63) is 11.3 Å². The molecule has 0 spiro atoms. The zero-order valence-corrected chi connectivity index (χ0v) is 7.12. The van der Waals surface area contributed by atoms with Gasteiger partial charge in [0.25, 0.3) is 0 Å². The Kier molecular flexibility index (Phi) is 3.77. The second-order valence-corrected chi connectivity index (χ2v) is 2.13. The van der Waals surface area contributed by atoms with Crippen LogP contribution < -0.4 is 5.32 Å². The highest BCUT2D eigenvalue weighted by Crippen LogP contribution is 2.11. The molecule has 0 saturated heterocycles. The number of hydrogen-bond donors (Lipinski definition) is 1. The minimum atomic E-state index is 0.125. The Labute approximate surface area is 62.3 Å². The second-order valence-electron chi connectivity index (χ2n) is 2.13. The maximum atomic E-state index is 10.5. The van der Waals surface area contributed by atoms with Gasteiger partial charge in [0.05, 0.1) is 0 Å². The number of rotatable bonds is 0. The van der Waals surface area contributed by atoms with Gasteiger partial charge in [-0.2, -0.15) is 0 Å². The average molecular weight is 141 g/mol. The van der Waals surface area contributed by atoms with E-state index in [2.05, 4.69) is 5.32 Å². The van der Waals surface area contributed by atoms with Crippen LogP contribution in [0.4, 0.5) is 0 Å². The molecule has 1 heterocycles. The summed E-state index contributed by atoms with van der Waals surface area (Å²) in [5, 5.41) is 2.71. The van der Waals surface area contributed by atoms with Crippen LogP contribution >= 0.6 is 0 Å². The van der Waals surface area contributed by atoms with Crippen LogP contribution in [0.1, 0.15) is 34.1 Å². The maximum Gasteiger partial charge on any atom is 0.228 e. The molecule has 10 heavy (non-hydrogen) atoms. The van der Waals surface area contributed by atoms with Crippen molar-refractivity contribution >= 4 is 5.91 Å². The van der Waals surface area contributed by atoms with Crippen molar-refractivity contribution in [2.75, 3.05) is 0 Å². The first-order valence-electron chi connectivity index (χ1n) is 3.66. The Morgan fingerprint density at radius 3 is 1.90 bits per heavy atom. The number of nitrogens with one attached hydrogen (secondary N) is 1. The lowest BCUT2D eigenvalue weighted by Gasteiger charge is -1.89. The predicted octanol–water partition coefficient (Wildman–Crippen LogP) is 1.83. The highest BCUT2D eigenvalue weighted by molar-refractivity contribution is 5.83. The fourth-order valence-electron chi connectivity index (χ4n) is 0.733. The summed E-state index contributed by atoms with van der Waals surface area (Å²) in [6.45, 7) is 7.88. The van der Waals surface area contributed by atoms with E-state index in [1.165, 1.54) is 0 Å². The lowest BCUT2D eigenvalue weighted by Crippen LogP contribution is -2.12. The summed E-state index contributed by atoms with van der Waals surface area (Å²) in [7, 11) is 0. The van der Waals surface area contributed by atoms with E-state index in [0.29, 0.717) is 6.42 Å². The first-order chi connectivity index (χ1) is 4.70. The Bertz CT molecular complexity index is 143. The van der Waals surface area contributed by atoms with E-state index in [9.17, 15) is 4.79 Å². The monoisotopic (exact) mass is 141 g/mol. The highest BCUT2D eigenvalue weighted by Gasteiger charge is 2.12. The molecule has 0 aliphatic carbocycles. The summed E-state index contributed by atoms with van der Waals surface area (Å²) >= 11 is 0. The molecule has 0 unspecified atom stereocenters. The molecule has 0 radical (unpaired) electrons. The molecule has 0 saturated carbocycles. The number of hydrogen-bond acceptors (Lipinski definition) is 1. The van der Waals surface area contributed by atoms with Gasteiger partial charge in [0.1, 0.15) is 0 Å². The largest absolute Gasteiger partial charge is 0.330 e. The van der Waals surface area contributed by atoms with Crippen molar-refractivity contribution in [3.8, 4) is 0 Å². The van der Waals surface area contributed by atoms with Gasteiger partial charge in [0.15, 0.2) is 0 Å². The molecule has 2 heteroatoms.